The van der Waals surface area contributed by atoms with Crippen molar-refractivity contribution in [2.24, 2.45) is 0 Å². The number of nitro groups is 1. The number of aliphatic carboxylic acids is 1. The fourth-order valence-electron chi connectivity index (χ4n) is 2.35. The van der Waals surface area contributed by atoms with Crippen molar-refractivity contribution in [1.29, 1.82) is 0 Å². The number of non-ortho nitro benzene ring substituents is 1. The lowest BCUT2D eigenvalue weighted by atomic mass is 9.97. The summed E-state index contributed by atoms with van der Waals surface area (Å²) in [6.07, 6.45) is 7.73. The lowest BCUT2D eigenvalue weighted by Gasteiger charge is -2.08. The summed E-state index contributed by atoms with van der Waals surface area (Å²) in [5.41, 5.74) is 2.77. The van der Waals surface area contributed by atoms with Crippen LogP contribution in [0.2, 0.25) is 0 Å². The van der Waals surface area contributed by atoms with E-state index in [1.165, 1.54) is 12.1 Å². The summed E-state index contributed by atoms with van der Waals surface area (Å²) in [6, 6.07) is 10.1. The van der Waals surface area contributed by atoms with Crippen LogP contribution in [-0.2, 0) is 4.79 Å². The van der Waals surface area contributed by atoms with Gasteiger partial charge < -0.3 is 5.11 Å². The van der Waals surface area contributed by atoms with E-state index in [0.29, 0.717) is 6.42 Å². The molecule has 1 N–H and O–H groups in total. The van der Waals surface area contributed by atoms with Crippen LogP contribution in [0.4, 0.5) is 5.69 Å². The summed E-state index contributed by atoms with van der Waals surface area (Å²) >= 11 is 0. The summed E-state index contributed by atoms with van der Waals surface area (Å²) in [5, 5.41) is 19.5. The van der Waals surface area contributed by atoms with Crippen LogP contribution in [-0.4, -0.2) is 21.0 Å². The van der Waals surface area contributed by atoms with Crippen LogP contribution in [0.25, 0.3) is 5.57 Å². The molecule has 6 nitrogen and oxygen atoms in total. The van der Waals surface area contributed by atoms with Crippen LogP contribution in [0, 0.1) is 10.1 Å². The van der Waals surface area contributed by atoms with Crippen LogP contribution in [0.3, 0.4) is 0 Å². The summed E-state index contributed by atoms with van der Waals surface area (Å²) in [7, 11) is 0. The second kappa shape index (κ2) is 8.57. The molecule has 0 bridgehead atoms. The Balaban J connectivity index is 2.20. The second-order valence-corrected chi connectivity index (χ2v) is 5.30. The Labute approximate surface area is 139 Å². The molecule has 6 heteroatoms. The molecule has 2 rings (SSSR count). The number of hydrogen-bond donors (Lipinski definition) is 1. The van der Waals surface area contributed by atoms with Gasteiger partial charge in [0, 0.05) is 36.5 Å². The van der Waals surface area contributed by atoms with Gasteiger partial charge >= 0.3 is 5.97 Å². The second-order valence-electron chi connectivity index (χ2n) is 5.30. The number of allylic oxidation sites excluding steroid dienone is 1. The van der Waals surface area contributed by atoms with Gasteiger partial charge in [0.2, 0.25) is 0 Å². The van der Waals surface area contributed by atoms with Gasteiger partial charge in [-0.25, -0.2) is 0 Å². The number of carboxylic acids is 1. The quantitative estimate of drug-likeness (QED) is 0.448. The van der Waals surface area contributed by atoms with E-state index < -0.39 is 10.9 Å². The first-order chi connectivity index (χ1) is 11.6. The minimum atomic E-state index is -0.790. The zero-order valence-electron chi connectivity index (χ0n) is 13.1. The Kier molecular flexibility index (Phi) is 6.19. The van der Waals surface area contributed by atoms with Gasteiger partial charge in [-0.15, -0.1) is 0 Å². The van der Waals surface area contributed by atoms with E-state index in [1.807, 2.05) is 18.2 Å². The van der Waals surface area contributed by atoms with Gasteiger partial charge in [0.1, 0.15) is 0 Å². The topological polar surface area (TPSA) is 93.3 Å². The van der Waals surface area contributed by atoms with E-state index in [2.05, 4.69) is 4.98 Å². The normalized spacial score (nSPS) is 11.2. The van der Waals surface area contributed by atoms with Crippen molar-refractivity contribution >= 4 is 17.2 Å². The highest BCUT2D eigenvalue weighted by Gasteiger charge is 2.09. The Morgan fingerprint density at radius 1 is 1.17 bits per heavy atom. The third-order valence-corrected chi connectivity index (χ3v) is 3.55. The van der Waals surface area contributed by atoms with Crippen molar-refractivity contribution in [1.82, 2.24) is 4.98 Å². The first-order valence-electron chi connectivity index (χ1n) is 7.65. The molecular weight excluding hydrogens is 308 g/mol. The highest BCUT2D eigenvalue weighted by atomic mass is 16.6. The number of carbonyl (C=O) groups is 1. The van der Waals surface area contributed by atoms with Gasteiger partial charge in [-0.3, -0.25) is 19.9 Å². The van der Waals surface area contributed by atoms with Crippen LogP contribution in [0.5, 0.6) is 0 Å². The Bertz CT molecular complexity index is 724. The van der Waals surface area contributed by atoms with Crippen LogP contribution in [0.1, 0.15) is 36.8 Å². The van der Waals surface area contributed by atoms with Crippen molar-refractivity contribution in [3.05, 3.63) is 76.1 Å². The number of carboxylic acid groups (broad SMARTS) is 1. The molecule has 0 saturated heterocycles. The minimum absolute atomic E-state index is 0.0470. The zero-order valence-corrected chi connectivity index (χ0v) is 13.1. The number of nitrogens with zero attached hydrogens (tertiary/aromatic N) is 2. The number of nitro benzene ring substituents is 1. The van der Waals surface area contributed by atoms with E-state index in [0.717, 1.165) is 29.5 Å². The molecule has 0 aliphatic rings. The third kappa shape index (κ3) is 5.01. The molecule has 2 aromatic rings. The Morgan fingerprint density at radius 3 is 2.50 bits per heavy atom. The average Bonchev–Trinajstić information content (AvgIpc) is 2.59. The smallest absolute Gasteiger partial charge is 0.303 e. The molecule has 0 radical (unpaired) electrons. The summed E-state index contributed by atoms with van der Waals surface area (Å²) in [4.78, 5) is 25.0. The first-order valence-corrected chi connectivity index (χ1v) is 7.65. The molecule has 1 aromatic carbocycles. The van der Waals surface area contributed by atoms with Gasteiger partial charge in [0.15, 0.2) is 0 Å². The summed E-state index contributed by atoms with van der Waals surface area (Å²) in [6.45, 7) is 0. The standard InChI is InChI=1S/C18H18N2O4/c21-18(22)7-3-1-2-6-17(15-5-4-12-19-13-15)14-8-10-16(11-9-14)20(23)24/h4-6,8-13H,1-3,7H2,(H,21,22)/b17-6-. The number of unbranched alkanes of at least 4 members (excludes halogenated alkanes) is 2. The predicted molar refractivity (Wildman–Crippen MR) is 90.5 cm³/mol. The molecule has 0 unspecified atom stereocenters. The maximum Gasteiger partial charge on any atom is 0.303 e. The molecule has 0 fully saturated rings. The summed E-state index contributed by atoms with van der Waals surface area (Å²) < 4.78 is 0. The molecule has 0 saturated carbocycles. The van der Waals surface area contributed by atoms with Gasteiger partial charge in [-0.1, -0.05) is 12.1 Å². The zero-order chi connectivity index (χ0) is 17.4. The maximum atomic E-state index is 10.8. The average molecular weight is 326 g/mol. The molecule has 0 spiro atoms. The molecule has 24 heavy (non-hydrogen) atoms. The highest BCUT2D eigenvalue weighted by molar-refractivity contribution is 5.79. The van der Waals surface area contributed by atoms with Crippen molar-refractivity contribution in [2.75, 3.05) is 0 Å². The number of rotatable bonds is 8. The largest absolute Gasteiger partial charge is 0.481 e. The van der Waals surface area contributed by atoms with Gasteiger partial charge in [-0.05, 0) is 48.6 Å². The fourth-order valence-corrected chi connectivity index (χ4v) is 2.35. The molecule has 0 amide bonds. The van der Waals surface area contributed by atoms with Crippen molar-refractivity contribution < 1.29 is 14.8 Å². The van der Waals surface area contributed by atoms with Gasteiger partial charge in [0.05, 0.1) is 4.92 Å². The predicted octanol–water partition coefficient (Wildman–Crippen LogP) is 4.07. The van der Waals surface area contributed by atoms with E-state index in [4.69, 9.17) is 5.11 Å². The lowest BCUT2D eigenvalue weighted by molar-refractivity contribution is -0.384. The summed E-state index contributed by atoms with van der Waals surface area (Å²) in [5.74, 6) is -0.790. The van der Waals surface area contributed by atoms with Crippen LogP contribution < -0.4 is 0 Å². The third-order valence-electron chi connectivity index (χ3n) is 3.55. The molecule has 0 aliphatic heterocycles. The first kappa shape index (κ1) is 17.3. The van der Waals surface area contributed by atoms with Crippen molar-refractivity contribution in [3.63, 3.8) is 0 Å². The number of pyridine rings is 1. The van der Waals surface area contributed by atoms with E-state index >= 15 is 0 Å². The van der Waals surface area contributed by atoms with Crippen LogP contribution >= 0.6 is 0 Å². The fraction of sp³-hybridized carbons (Fsp3) is 0.222. The molecule has 124 valence electrons. The van der Waals surface area contributed by atoms with Gasteiger partial charge in [-0.2, -0.15) is 0 Å². The number of hydrogen-bond acceptors (Lipinski definition) is 4. The Hall–Kier alpha value is -3.02. The number of benzene rings is 1. The van der Waals surface area contributed by atoms with Gasteiger partial charge in [0.25, 0.3) is 5.69 Å². The number of aromatic nitrogens is 1. The lowest BCUT2D eigenvalue weighted by Crippen LogP contribution is -1.94. The highest BCUT2D eigenvalue weighted by Crippen LogP contribution is 2.25. The molecule has 0 aliphatic carbocycles. The van der Waals surface area contributed by atoms with E-state index in [1.54, 1.807) is 24.5 Å². The van der Waals surface area contributed by atoms with Crippen molar-refractivity contribution in [3.8, 4) is 0 Å². The molecule has 0 atom stereocenters. The molecular formula is C18H18N2O4. The van der Waals surface area contributed by atoms with E-state index in [9.17, 15) is 14.9 Å². The SMILES string of the molecule is O=C(O)CCCC/C=C(/c1ccc([N+](=O)[O-])cc1)c1cccnc1. The van der Waals surface area contributed by atoms with E-state index in [-0.39, 0.29) is 12.1 Å². The van der Waals surface area contributed by atoms with Crippen molar-refractivity contribution in [2.45, 2.75) is 25.7 Å². The molecule has 1 aromatic heterocycles. The minimum Gasteiger partial charge on any atom is -0.481 e. The van der Waals surface area contributed by atoms with Crippen LogP contribution in [0.15, 0.2) is 54.9 Å². The Morgan fingerprint density at radius 2 is 1.92 bits per heavy atom. The molecule has 1 heterocycles. The monoisotopic (exact) mass is 326 g/mol. The maximum absolute atomic E-state index is 10.8.